The lowest BCUT2D eigenvalue weighted by Gasteiger charge is -2.34. The van der Waals surface area contributed by atoms with Crippen molar-refractivity contribution in [1.29, 1.82) is 0 Å². The van der Waals surface area contributed by atoms with Gasteiger partial charge < -0.3 is 10.0 Å². The lowest BCUT2D eigenvalue weighted by Crippen LogP contribution is -2.46. The zero-order valence-corrected chi connectivity index (χ0v) is 14.1. The van der Waals surface area contributed by atoms with Crippen LogP contribution in [-0.4, -0.2) is 58.6 Å². The van der Waals surface area contributed by atoms with Gasteiger partial charge in [0.05, 0.1) is 16.8 Å². The summed E-state index contributed by atoms with van der Waals surface area (Å²) in [6.07, 6.45) is 2.04. The van der Waals surface area contributed by atoms with Gasteiger partial charge in [-0.2, -0.15) is 0 Å². The van der Waals surface area contributed by atoms with Crippen molar-refractivity contribution in [3.8, 4) is 0 Å². The summed E-state index contributed by atoms with van der Waals surface area (Å²) in [6.45, 7) is 6.22. The normalized spacial score (nSPS) is 16.9. The first-order valence-electron chi connectivity index (χ1n) is 8.22. The molecule has 2 heterocycles. The van der Waals surface area contributed by atoms with Crippen molar-refractivity contribution in [2.45, 2.75) is 25.8 Å². The van der Waals surface area contributed by atoms with E-state index in [4.69, 9.17) is 10.1 Å². The van der Waals surface area contributed by atoms with Crippen LogP contribution in [0.1, 0.15) is 24.3 Å². The first-order valence-corrected chi connectivity index (χ1v) is 9.03. The fourth-order valence-corrected chi connectivity index (χ4v) is 3.97. The summed E-state index contributed by atoms with van der Waals surface area (Å²) < 4.78 is 1.26. The number of carboxylic acid groups (broad SMARTS) is 1. The van der Waals surface area contributed by atoms with Gasteiger partial charge in [0.1, 0.15) is 5.01 Å². The van der Waals surface area contributed by atoms with Gasteiger partial charge in [-0.3, -0.25) is 9.69 Å². The minimum Gasteiger partial charge on any atom is -0.481 e. The number of piperazine rings is 1. The van der Waals surface area contributed by atoms with Crippen LogP contribution in [0.2, 0.25) is 0 Å². The van der Waals surface area contributed by atoms with Crippen LogP contribution in [0.15, 0.2) is 24.3 Å². The number of fused-ring (bicyclic) bond motifs is 1. The molecular weight excluding hydrogens is 310 g/mol. The van der Waals surface area contributed by atoms with E-state index in [2.05, 4.69) is 28.0 Å². The summed E-state index contributed by atoms with van der Waals surface area (Å²) in [5, 5.41) is 9.85. The number of hydrogen-bond donors (Lipinski definition) is 1. The average Bonchev–Trinajstić information content (AvgIpc) is 2.95. The zero-order chi connectivity index (χ0) is 16.1. The molecule has 1 N–H and O–H groups in total. The number of rotatable bonds is 7. The molecule has 23 heavy (non-hydrogen) atoms. The SMILES string of the molecule is O=C(O)CCCCN1CCN(Cc2nc3ccccc3s2)CC1. The van der Waals surface area contributed by atoms with E-state index in [0.717, 1.165) is 57.6 Å². The topological polar surface area (TPSA) is 56.7 Å². The van der Waals surface area contributed by atoms with Crippen molar-refractivity contribution < 1.29 is 9.90 Å². The number of nitrogens with zero attached hydrogens (tertiary/aromatic N) is 3. The molecule has 0 amide bonds. The second-order valence-corrected chi connectivity index (χ2v) is 7.16. The van der Waals surface area contributed by atoms with Crippen LogP contribution < -0.4 is 0 Å². The number of thiazole rings is 1. The highest BCUT2D eigenvalue weighted by atomic mass is 32.1. The Hall–Kier alpha value is -1.50. The van der Waals surface area contributed by atoms with Crippen molar-refractivity contribution in [2.75, 3.05) is 32.7 Å². The zero-order valence-electron chi connectivity index (χ0n) is 13.3. The van der Waals surface area contributed by atoms with Gasteiger partial charge in [-0.05, 0) is 31.5 Å². The van der Waals surface area contributed by atoms with Gasteiger partial charge in [0, 0.05) is 32.6 Å². The lowest BCUT2D eigenvalue weighted by molar-refractivity contribution is -0.137. The molecule has 1 fully saturated rings. The van der Waals surface area contributed by atoms with E-state index < -0.39 is 5.97 Å². The van der Waals surface area contributed by atoms with Crippen LogP contribution in [0.5, 0.6) is 0 Å². The van der Waals surface area contributed by atoms with Crippen molar-refractivity contribution in [2.24, 2.45) is 0 Å². The number of para-hydroxylation sites is 1. The van der Waals surface area contributed by atoms with E-state index in [1.165, 1.54) is 9.71 Å². The highest BCUT2D eigenvalue weighted by Gasteiger charge is 2.17. The molecule has 0 bridgehead atoms. The van der Waals surface area contributed by atoms with E-state index in [0.29, 0.717) is 0 Å². The lowest BCUT2D eigenvalue weighted by atomic mass is 10.2. The number of hydrogen-bond acceptors (Lipinski definition) is 5. The Morgan fingerprint density at radius 1 is 1.13 bits per heavy atom. The molecule has 0 aliphatic carbocycles. The van der Waals surface area contributed by atoms with E-state index in [1.807, 2.05) is 6.07 Å². The van der Waals surface area contributed by atoms with Gasteiger partial charge >= 0.3 is 5.97 Å². The third-order valence-electron chi connectivity index (χ3n) is 4.28. The van der Waals surface area contributed by atoms with Crippen LogP contribution in [0.4, 0.5) is 0 Å². The van der Waals surface area contributed by atoms with Crippen molar-refractivity contribution in [3.63, 3.8) is 0 Å². The van der Waals surface area contributed by atoms with Crippen LogP contribution in [0.3, 0.4) is 0 Å². The van der Waals surface area contributed by atoms with Crippen LogP contribution in [-0.2, 0) is 11.3 Å². The van der Waals surface area contributed by atoms with Gasteiger partial charge in [-0.25, -0.2) is 4.98 Å². The van der Waals surface area contributed by atoms with E-state index in [9.17, 15) is 4.79 Å². The second-order valence-electron chi connectivity index (χ2n) is 6.04. The van der Waals surface area contributed by atoms with Crippen LogP contribution in [0.25, 0.3) is 10.2 Å². The summed E-state index contributed by atoms with van der Waals surface area (Å²) in [5.41, 5.74) is 1.10. The highest BCUT2D eigenvalue weighted by Crippen LogP contribution is 2.23. The maximum absolute atomic E-state index is 10.5. The molecule has 124 valence electrons. The first-order chi connectivity index (χ1) is 11.2. The summed E-state index contributed by atoms with van der Waals surface area (Å²) >= 11 is 1.79. The second kappa shape index (κ2) is 7.86. The molecule has 0 unspecified atom stereocenters. The maximum atomic E-state index is 10.5. The molecule has 0 atom stereocenters. The molecule has 0 saturated carbocycles. The summed E-state index contributed by atoms with van der Waals surface area (Å²) in [6, 6.07) is 8.30. The van der Waals surface area contributed by atoms with Crippen molar-refractivity contribution in [3.05, 3.63) is 29.3 Å². The molecule has 1 aliphatic heterocycles. The fraction of sp³-hybridized carbons (Fsp3) is 0.529. The largest absolute Gasteiger partial charge is 0.481 e. The minimum absolute atomic E-state index is 0.289. The highest BCUT2D eigenvalue weighted by molar-refractivity contribution is 7.18. The van der Waals surface area contributed by atoms with E-state index >= 15 is 0 Å². The Kier molecular flexibility index (Phi) is 5.59. The molecular formula is C17H23N3O2S. The molecule has 5 nitrogen and oxygen atoms in total. The fourth-order valence-electron chi connectivity index (χ4n) is 2.96. The Morgan fingerprint density at radius 2 is 1.87 bits per heavy atom. The first kappa shape index (κ1) is 16.4. The summed E-state index contributed by atoms with van der Waals surface area (Å²) in [4.78, 5) is 20.1. The Bertz CT molecular complexity index is 617. The summed E-state index contributed by atoms with van der Waals surface area (Å²) in [5.74, 6) is -0.689. The smallest absolute Gasteiger partial charge is 0.303 e. The van der Waals surface area contributed by atoms with Gasteiger partial charge in [0.2, 0.25) is 0 Å². The average molecular weight is 333 g/mol. The number of aromatic nitrogens is 1. The van der Waals surface area contributed by atoms with Gasteiger partial charge in [0.25, 0.3) is 0 Å². The Balaban J connectivity index is 1.41. The Labute approximate surface area is 140 Å². The van der Waals surface area contributed by atoms with E-state index in [1.54, 1.807) is 11.3 Å². The maximum Gasteiger partial charge on any atom is 0.303 e. The number of benzene rings is 1. The van der Waals surface area contributed by atoms with E-state index in [-0.39, 0.29) is 6.42 Å². The molecule has 0 radical (unpaired) electrons. The predicted octanol–water partition coefficient (Wildman–Crippen LogP) is 2.67. The van der Waals surface area contributed by atoms with Gasteiger partial charge in [-0.1, -0.05) is 12.1 Å². The molecule has 1 aromatic heterocycles. The van der Waals surface area contributed by atoms with Gasteiger partial charge in [-0.15, -0.1) is 11.3 Å². The minimum atomic E-state index is -0.689. The predicted molar refractivity (Wildman–Crippen MR) is 92.8 cm³/mol. The van der Waals surface area contributed by atoms with Crippen molar-refractivity contribution >= 4 is 27.5 Å². The monoisotopic (exact) mass is 333 g/mol. The molecule has 1 aromatic carbocycles. The molecule has 1 aliphatic rings. The number of aliphatic carboxylic acids is 1. The van der Waals surface area contributed by atoms with Crippen LogP contribution >= 0.6 is 11.3 Å². The van der Waals surface area contributed by atoms with Gasteiger partial charge in [0.15, 0.2) is 0 Å². The quantitative estimate of drug-likeness (QED) is 0.790. The third kappa shape index (κ3) is 4.73. The molecule has 2 aromatic rings. The number of carboxylic acids is 1. The molecule has 6 heteroatoms. The number of unbranched alkanes of at least 4 members (excludes halogenated alkanes) is 1. The van der Waals surface area contributed by atoms with Crippen LogP contribution in [0, 0.1) is 0 Å². The molecule has 3 rings (SSSR count). The Morgan fingerprint density at radius 3 is 2.61 bits per heavy atom. The third-order valence-corrected chi connectivity index (χ3v) is 5.30. The van der Waals surface area contributed by atoms with Crippen molar-refractivity contribution in [1.82, 2.24) is 14.8 Å². The summed E-state index contributed by atoms with van der Waals surface area (Å²) in [7, 11) is 0. The number of carbonyl (C=O) groups is 1. The molecule has 1 saturated heterocycles. The standard InChI is InChI=1S/C17H23N3O2S/c21-17(22)7-3-4-8-19-9-11-20(12-10-19)13-16-18-14-5-1-2-6-15(14)23-16/h1-2,5-6H,3-4,7-13H2,(H,21,22). The molecule has 0 spiro atoms.